The van der Waals surface area contributed by atoms with Crippen LogP contribution in [0.4, 0.5) is 0 Å². The summed E-state index contributed by atoms with van der Waals surface area (Å²) < 4.78 is 1.60. The highest BCUT2D eigenvalue weighted by atomic mass is 79.9. The van der Waals surface area contributed by atoms with E-state index in [4.69, 9.17) is 10.2 Å². The van der Waals surface area contributed by atoms with Crippen molar-refractivity contribution < 1.29 is 19.8 Å². The molecule has 94 valence electrons. The standard InChI is InChI=1S/C9H9Br2NO4S/c10-4-3-6(17-7(4)11)8(14)12-2-1-5(13)9(15)16/h3,5,13H,1-2H2,(H,12,14)(H,15,16). The number of carboxylic acid groups (broad SMARTS) is 1. The second-order valence-corrected chi connectivity index (χ2v) is 6.36. The molecule has 0 aliphatic rings. The molecule has 0 aromatic carbocycles. The molecule has 0 radical (unpaired) electrons. The van der Waals surface area contributed by atoms with E-state index < -0.39 is 12.1 Å². The molecule has 0 fully saturated rings. The minimum atomic E-state index is -1.45. The van der Waals surface area contributed by atoms with Crippen LogP contribution in [-0.4, -0.2) is 34.7 Å². The van der Waals surface area contributed by atoms with Gasteiger partial charge in [0.05, 0.1) is 8.66 Å². The van der Waals surface area contributed by atoms with Crippen molar-refractivity contribution in [2.45, 2.75) is 12.5 Å². The number of hydrogen-bond donors (Lipinski definition) is 3. The van der Waals surface area contributed by atoms with Gasteiger partial charge in [0.25, 0.3) is 5.91 Å². The molecule has 0 saturated heterocycles. The first kappa shape index (κ1) is 14.6. The number of aliphatic carboxylic acids is 1. The van der Waals surface area contributed by atoms with Crippen LogP contribution >= 0.6 is 43.2 Å². The van der Waals surface area contributed by atoms with Crippen molar-refractivity contribution >= 4 is 55.1 Å². The van der Waals surface area contributed by atoms with Crippen molar-refractivity contribution in [2.24, 2.45) is 0 Å². The molecule has 0 aliphatic heterocycles. The van der Waals surface area contributed by atoms with E-state index in [-0.39, 0.29) is 18.9 Å². The van der Waals surface area contributed by atoms with Gasteiger partial charge in [0.15, 0.2) is 6.10 Å². The van der Waals surface area contributed by atoms with Crippen molar-refractivity contribution in [3.8, 4) is 0 Å². The molecule has 0 aliphatic carbocycles. The van der Waals surface area contributed by atoms with Crippen LogP contribution in [0.5, 0.6) is 0 Å². The van der Waals surface area contributed by atoms with Crippen LogP contribution in [0.2, 0.25) is 0 Å². The summed E-state index contributed by atoms with van der Waals surface area (Å²) in [6, 6.07) is 1.66. The van der Waals surface area contributed by atoms with E-state index in [0.29, 0.717) is 4.88 Å². The molecule has 3 N–H and O–H groups in total. The topological polar surface area (TPSA) is 86.6 Å². The minimum absolute atomic E-state index is 0.0191. The maximum Gasteiger partial charge on any atom is 0.332 e. The van der Waals surface area contributed by atoms with Crippen LogP contribution in [0.3, 0.4) is 0 Å². The zero-order chi connectivity index (χ0) is 13.0. The third-order valence-corrected chi connectivity index (χ3v) is 5.11. The molecule has 0 bridgehead atoms. The normalized spacial score (nSPS) is 12.2. The average molecular weight is 387 g/mol. The Morgan fingerprint density at radius 3 is 2.59 bits per heavy atom. The molecule has 8 heteroatoms. The highest BCUT2D eigenvalue weighted by molar-refractivity contribution is 9.13. The molecule has 1 unspecified atom stereocenters. The Hall–Kier alpha value is -0.440. The first-order valence-electron chi connectivity index (χ1n) is 4.55. The van der Waals surface area contributed by atoms with Crippen LogP contribution < -0.4 is 5.32 Å². The lowest BCUT2D eigenvalue weighted by molar-refractivity contribution is -0.146. The summed E-state index contributed by atoms with van der Waals surface area (Å²) in [7, 11) is 0. The number of nitrogens with one attached hydrogen (secondary N) is 1. The van der Waals surface area contributed by atoms with Gasteiger partial charge in [-0.15, -0.1) is 11.3 Å². The Morgan fingerprint density at radius 1 is 1.47 bits per heavy atom. The third-order valence-electron chi connectivity index (χ3n) is 1.86. The number of hydrogen-bond acceptors (Lipinski definition) is 4. The number of carboxylic acids is 1. The van der Waals surface area contributed by atoms with E-state index in [0.717, 1.165) is 8.26 Å². The summed E-state index contributed by atoms with van der Waals surface area (Å²) in [5.41, 5.74) is 0. The first-order chi connectivity index (χ1) is 7.91. The SMILES string of the molecule is O=C(NCCC(O)C(=O)O)c1cc(Br)c(Br)s1. The number of aliphatic hydroxyl groups excluding tert-OH is 1. The molecule has 0 spiro atoms. The summed E-state index contributed by atoms with van der Waals surface area (Å²) in [5, 5.41) is 20.0. The Labute approximate surface area is 118 Å². The van der Waals surface area contributed by atoms with Gasteiger partial charge in [0.2, 0.25) is 0 Å². The summed E-state index contributed by atoms with van der Waals surface area (Å²) >= 11 is 7.80. The predicted octanol–water partition coefficient (Wildman–Crippen LogP) is 1.84. The second kappa shape index (κ2) is 6.48. The Bertz CT molecular complexity index is 415. The average Bonchev–Trinajstić information content (AvgIpc) is 2.59. The number of carbonyl (C=O) groups is 2. The van der Waals surface area contributed by atoms with Crippen LogP contribution in [0.15, 0.2) is 14.3 Å². The smallest absolute Gasteiger partial charge is 0.332 e. The number of carbonyl (C=O) groups excluding carboxylic acids is 1. The lowest BCUT2D eigenvalue weighted by Crippen LogP contribution is -2.29. The van der Waals surface area contributed by atoms with Crippen molar-refractivity contribution in [2.75, 3.05) is 6.54 Å². The number of rotatable bonds is 5. The van der Waals surface area contributed by atoms with E-state index in [2.05, 4.69) is 37.2 Å². The number of aliphatic hydroxyl groups is 1. The number of amides is 1. The number of halogens is 2. The Morgan fingerprint density at radius 2 is 2.12 bits per heavy atom. The fourth-order valence-corrected chi connectivity index (χ4v) is 2.94. The lowest BCUT2D eigenvalue weighted by Gasteiger charge is -2.05. The number of thiophene rings is 1. The van der Waals surface area contributed by atoms with Crippen LogP contribution in [0.25, 0.3) is 0 Å². The molecule has 1 atom stereocenters. The largest absolute Gasteiger partial charge is 0.479 e. The van der Waals surface area contributed by atoms with Crippen molar-refractivity contribution in [1.82, 2.24) is 5.32 Å². The fourth-order valence-electron chi connectivity index (χ4n) is 0.991. The molecule has 5 nitrogen and oxygen atoms in total. The van der Waals surface area contributed by atoms with Crippen molar-refractivity contribution in [3.63, 3.8) is 0 Å². The zero-order valence-electron chi connectivity index (χ0n) is 8.44. The van der Waals surface area contributed by atoms with Gasteiger partial charge in [-0.2, -0.15) is 0 Å². The van der Waals surface area contributed by atoms with Gasteiger partial charge in [-0.3, -0.25) is 4.79 Å². The fraction of sp³-hybridized carbons (Fsp3) is 0.333. The summed E-state index contributed by atoms with van der Waals surface area (Å²) in [5.74, 6) is -1.58. The van der Waals surface area contributed by atoms with E-state index in [1.54, 1.807) is 6.07 Å². The molecule has 17 heavy (non-hydrogen) atoms. The maximum absolute atomic E-state index is 11.6. The maximum atomic E-state index is 11.6. The Kier molecular flexibility index (Phi) is 5.57. The molecule has 1 heterocycles. The summed E-state index contributed by atoms with van der Waals surface area (Å²) in [4.78, 5) is 22.4. The van der Waals surface area contributed by atoms with Crippen LogP contribution in [0, 0.1) is 0 Å². The zero-order valence-corrected chi connectivity index (χ0v) is 12.4. The van der Waals surface area contributed by atoms with Gasteiger partial charge < -0.3 is 15.5 Å². The lowest BCUT2D eigenvalue weighted by atomic mass is 10.2. The predicted molar refractivity (Wildman–Crippen MR) is 70.3 cm³/mol. The summed E-state index contributed by atoms with van der Waals surface area (Å²) in [6.45, 7) is 0.111. The molecule has 1 aromatic heterocycles. The van der Waals surface area contributed by atoms with Gasteiger partial charge >= 0.3 is 5.97 Å². The highest BCUT2D eigenvalue weighted by Gasteiger charge is 2.15. The van der Waals surface area contributed by atoms with Crippen LogP contribution in [-0.2, 0) is 4.79 Å². The van der Waals surface area contributed by atoms with E-state index in [1.165, 1.54) is 11.3 Å². The van der Waals surface area contributed by atoms with Crippen molar-refractivity contribution in [3.05, 3.63) is 19.2 Å². The molecule has 1 aromatic rings. The quantitative estimate of drug-likeness (QED) is 0.720. The third kappa shape index (κ3) is 4.38. The van der Waals surface area contributed by atoms with E-state index >= 15 is 0 Å². The summed E-state index contributed by atoms with van der Waals surface area (Å²) in [6.07, 6.45) is -1.47. The molecule has 1 amide bonds. The Balaban J connectivity index is 2.43. The molecule has 1 rings (SSSR count). The molecular weight excluding hydrogens is 378 g/mol. The van der Waals surface area contributed by atoms with Gasteiger partial charge in [-0.1, -0.05) is 0 Å². The second-order valence-electron chi connectivity index (χ2n) is 3.13. The molecule has 0 saturated carbocycles. The monoisotopic (exact) mass is 385 g/mol. The van der Waals surface area contributed by atoms with Gasteiger partial charge in [-0.25, -0.2) is 4.79 Å². The van der Waals surface area contributed by atoms with Gasteiger partial charge in [-0.05, 0) is 37.9 Å². The highest BCUT2D eigenvalue weighted by Crippen LogP contribution is 2.32. The molecular formula is C9H9Br2NO4S. The van der Waals surface area contributed by atoms with Crippen molar-refractivity contribution in [1.29, 1.82) is 0 Å². The minimum Gasteiger partial charge on any atom is -0.479 e. The van der Waals surface area contributed by atoms with Crippen LogP contribution in [0.1, 0.15) is 16.1 Å². The van der Waals surface area contributed by atoms with Gasteiger partial charge in [0.1, 0.15) is 0 Å². The van der Waals surface area contributed by atoms with E-state index in [1.807, 2.05) is 0 Å². The first-order valence-corrected chi connectivity index (χ1v) is 6.96. The van der Waals surface area contributed by atoms with E-state index in [9.17, 15) is 9.59 Å². The van der Waals surface area contributed by atoms with Gasteiger partial charge in [0, 0.05) is 17.4 Å².